The normalized spacial score (nSPS) is 57.0. The first-order valence-electron chi connectivity index (χ1n) is 9.55. The molecule has 0 aromatic heterocycles. The lowest BCUT2D eigenvalue weighted by molar-refractivity contribution is -0.181. The molecule has 4 aliphatic rings. The van der Waals surface area contributed by atoms with Gasteiger partial charge in [0.15, 0.2) is 0 Å². The summed E-state index contributed by atoms with van der Waals surface area (Å²) in [6.07, 6.45) is 11.4. The zero-order chi connectivity index (χ0) is 15.8. The zero-order valence-electron chi connectivity index (χ0n) is 14.5. The fourth-order valence-corrected chi connectivity index (χ4v) is 8.05. The number of hydrogen-bond acceptors (Lipinski definition) is 1. The second-order valence-corrected chi connectivity index (χ2v) is 9.81. The van der Waals surface area contributed by atoms with Crippen LogP contribution in [0.15, 0.2) is 0 Å². The summed E-state index contributed by atoms with van der Waals surface area (Å²) < 4.78 is 0. The molecular weight excluding hydrogens is 272 g/mol. The number of carboxylic acid groups (broad SMARTS) is 1. The second kappa shape index (κ2) is 4.51. The summed E-state index contributed by atoms with van der Waals surface area (Å²) in [6.45, 7) is 7.00. The third kappa shape index (κ3) is 1.70. The molecule has 0 amide bonds. The van der Waals surface area contributed by atoms with Crippen molar-refractivity contribution in [1.29, 1.82) is 0 Å². The van der Waals surface area contributed by atoms with Gasteiger partial charge in [0.1, 0.15) is 0 Å². The Morgan fingerprint density at radius 3 is 2.50 bits per heavy atom. The van der Waals surface area contributed by atoms with Crippen molar-refractivity contribution >= 4 is 5.97 Å². The van der Waals surface area contributed by atoms with Gasteiger partial charge in [-0.25, -0.2) is 0 Å². The molecule has 7 atom stereocenters. The van der Waals surface area contributed by atoms with Crippen molar-refractivity contribution < 1.29 is 9.90 Å². The van der Waals surface area contributed by atoms with Crippen molar-refractivity contribution in [3.8, 4) is 0 Å². The van der Waals surface area contributed by atoms with Crippen LogP contribution in [0.1, 0.15) is 78.6 Å². The van der Waals surface area contributed by atoms with Crippen LogP contribution >= 0.6 is 0 Å². The van der Waals surface area contributed by atoms with Crippen molar-refractivity contribution in [3.05, 3.63) is 0 Å². The minimum atomic E-state index is -0.534. The van der Waals surface area contributed by atoms with E-state index in [1.54, 1.807) is 0 Å². The Morgan fingerprint density at radius 1 is 1.00 bits per heavy atom. The smallest absolute Gasteiger partial charge is 0.309 e. The van der Waals surface area contributed by atoms with E-state index in [2.05, 4.69) is 20.8 Å². The number of carbonyl (C=O) groups is 1. The van der Waals surface area contributed by atoms with E-state index in [1.165, 1.54) is 38.5 Å². The molecule has 4 rings (SSSR count). The lowest BCUT2D eigenvalue weighted by atomic mass is 9.41. The van der Waals surface area contributed by atoms with Crippen molar-refractivity contribution in [1.82, 2.24) is 0 Å². The van der Waals surface area contributed by atoms with Crippen LogP contribution in [0.3, 0.4) is 0 Å². The molecule has 0 aromatic carbocycles. The van der Waals surface area contributed by atoms with Crippen LogP contribution in [0.2, 0.25) is 0 Å². The number of hydrogen-bond donors (Lipinski definition) is 1. The van der Waals surface area contributed by atoms with E-state index in [0.717, 1.165) is 37.0 Å². The molecule has 1 spiro atoms. The van der Waals surface area contributed by atoms with Gasteiger partial charge < -0.3 is 5.11 Å². The monoisotopic (exact) mass is 304 g/mol. The molecule has 2 bridgehead atoms. The highest BCUT2D eigenvalue weighted by atomic mass is 16.4. The first kappa shape index (κ1) is 15.0. The summed E-state index contributed by atoms with van der Waals surface area (Å²) >= 11 is 0. The van der Waals surface area contributed by atoms with Gasteiger partial charge in [0.05, 0.1) is 5.41 Å². The van der Waals surface area contributed by atoms with E-state index in [9.17, 15) is 9.90 Å². The maximum Gasteiger partial charge on any atom is 0.309 e. The molecule has 1 N–H and O–H groups in total. The van der Waals surface area contributed by atoms with Gasteiger partial charge in [-0.15, -0.1) is 0 Å². The third-order valence-corrected chi connectivity index (χ3v) is 8.96. The van der Waals surface area contributed by atoms with Crippen LogP contribution in [0.4, 0.5) is 0 Å². The minimum Gasteiger partial charge on any atom is -0.481 e. The van der Waals surface area contributed by atoms with Crippen LogP contribution in [-0.4, -0.2) is 11.1 Å². The second-order valence-electron chi connectivity index (χ2n) is 9.81. The van der Waals surface area contributed by atoms with Gasteiger partial charge in [0.25, 0.3) is 0 Å². The minimum absolute atomic E-state index is 0.276. The molecule has 0 aromatic rings. The van der Waals surface area contributed by atoms with Crippen molar-refractivity contribution in [2.45, 2.75) is 78.6 Å². The van der Waals surface area contributed by atoms with Crippen molar-refractivity contribution in [3.63, 3.8) is 0 Å². The molecule has 4 saturated carbocycles. The molecule has 0 aliphatic heterocycles. The Morgan fingerprint density at radius 2 is 1.77 bits per heavy atom. The molecular formula is C20H32O2. The van der Waals surface area contributed by atoms with E-state index in [-0.39, 0.29) is 5.41 Å². The Labute approximate surface area is 135 Å². The van der Waals surface area contributed by atoms with Crippen molar-refractivity contribution in [2.24, 2.45) is 39.9 Å². The lowest BCUT2D eigenvalue weighted by Gasteiger charge is -2.63. The largest absolute Gasteiger partial charge is 0.481 e. The highest BCUT2D eigenvalue weighted by Gasteiger charge is 2.65. The Bertz CT molecular complexity index is 496. The average Bonchev–Trinajstić information content (AvgIpc) is 2.68. The first-order chi connectivity index (χ1) is 10.3. The zero-order valence-corrected chi connectivity index (χ0v) is 14.5. The van der Waals surface area contributed by atoms with Gasteiger partial charge in [-0.1, -0.05) is 20.3 Å². The molecule has 4 fully saturated rings. The quantitative estimate of drug-likeness (QED) is 0.730. The standard InChI is InChI=1S/C20H32O2/c1-13-11-20-10-7-15-18(2,16(20)6-5-14(13)12-20)8-4-9-19(15,3)17(21)22/h13-16H,4-12H2,1-3H3,(H,21,22). The van der Waals surface area contributed by atoms with Crippen LogP contribution < -0.4 is 0 Å². The molecule has 2 heteroatoms. The summed E-state index contributed by atoms with van der Waals surface area (Å²) in [4.78, 5) is 12.0. The highest BCUT2D eigenvalue weighted by Crippen LogP contribution is 2.72. The average molecular weight is 304 g/mol. The maximum absolute atomic E-state index is 12.0. The third-order valence-electron chi connectivity index (χ3n) is 8.96. The maximum atomic E-state index is 12.0. The highest BCUT2D eigenvalue weighted by molar-refractivity contribution is 5.75. The fourth-order valence-electron chi connectivity index (χ4n) is 8.05. The molecule has 0 saturated heterocycles. The van der Waals surface area contributed by atoms with Gasteiger partial charge in [-0.3, -0.25) is 4.79 Å². The molecule has 2 nitrogen and oxygen atoms in total. The molecule has 124 valence electrons. The molecule has 7 unspecified atom stereocenters. The topological polar surface area (TPSA) is 37.3 Å². The SMILES string of the molecule is CC1CC23CCC4C(C)(C(=O)O)CCCC4(C)C2CCC1C3. The Hall–Kier alpha value is -0.530. The van der Waals surface area contributed by atoms with E-state index in [4.69, 9.17) is 0 Å². The number of fused-ring (bicyclic) bond motifs is 3. The Kier molecular flexibility index (Phi) is 3.08. The van der Waals surface area contributed by atoms with Crippen LogP contribution in [0.5, 0.6) is 0 Å². The first-order valence-corrected chi connectivity index (χ1v) is 9.55. The van der Waals surface area contributed by atoms with Gasteiger partial charge in [-0.2, -0.15) is 0 Å². The predicted molar refractivity (Wildman–Crippen MR) is 87.5 cm³/mol. The lowest BCUT2D eigenvalue weighted by Crippen LogP contribution is -2.58. The van der Waals surface area contributed by atoms with E-state index in [1.807, 2.05) is 0 Å². The summed E-state index contributed by atoms with van der Waals surface area (Å²) in [5.74, 6) is 2.52. The van der Waals surface area contributed by atoms with Crippen LogP contribution in [0, 0.1) is 39.9 Å². The molecule has 0 heterocycles. The molecule has 4 aliphatic carbocycles. The van der Waals surface area contributed by atoms with Crippen LogP contribution in [0.25, 0.3) is 0 Å². The molecule has 0 radical (unpaired) electrons. The summed E-state index contributed by atoms with van der Waals surface area (Å²) in [7, 11) is 0. The molecule has 22 heavy (non-hydrogen) atoms. The number of aliphatic carboxylic acids is 1. The van der Waals surface area contributed by atoms with Crippen molar-refractivity contribution in [2.75, 3.05) is 0 Å². The summed E-state index contributed by atoms with van der Waals surface area (Å²) in [5.41, 5.74) is 0.374. The van der Waals surface area contributed by atoms with Gasteiger partial charge >= 0.3 is 5.97 Å². The van der Waals surface area contributed by atoms with E-state index >= 15 is 0 Å². The predicted octanol–water partition coefficient (Wildman–Crippen LogP) is 5.12. The van der Waals surface area contributed by atoms with Gasteiger partial charge in [0, 0.05) is 0 Å². The Balaban J connectivity index is 1.73. The van der Waals surface area contributed by atoms with E-state index < -0.39 is 11.4 Å². The van der Waals surface area contributed by atoms with E-state index in [0.29, 0.717) is 11.3 Å². The summed E-state index contributed by atoms with van der Waals surface area (Å²) in [5, 5.41) is 9.92. The number of rotatable bonds is 1. The number of carboxylic acids is 1. The summed E-state index contributed by atoms with van der Waals surface area (Å²) in [6, 6.07) is 0. The fraction of sp³-hybridized carbons (Fsp3) is 0.950. The van der Waals surface area contributed by atoms with Gasteiger partial charge in [0.2, 0.25) is 0 Å². The van der Waals surface area contributed by atoms with Crippen LogP contribution in [-0.2, 0) is 4.79 Å². The van der Waals surface area contributed by atoms with Gasteiger partial charge in [-0.05, 0) is 92.8 Å².